The maximum Gasteiger partial charge on any atom is 0.130 e. The van der Waals surface area contributed by atoms with Crippen molar-refractivity contribution in [1.82, 2.24) is 0 Å². The van der Waals surface area contributed by atoms with Crippen LogP contribution in [-0.2, 0) is 0 Å². The molecule has 0 spiro atoms. The molecule has 0 fully saturated rings. The van der Waals surface area contributed by atoms with Gasteiger partial charge in [0.15, 0.2) is 0 Å². The van der Waals surface area contributed by atoms with Gasteiger partial charge in [-0.15, -0.1) is 0 Å². The quantitative estimate of drug-likeness (QED) is 0.695. The van der Waals surface area contributed by atoms with E-state index in [1.165, 1.54) is 0 Å². The van der Waals surface area contributed by atoms with Gasteiger partial charge in [-0.2, -0.15) is 0 Å². The van der Waals surface area contributed by atoms with Crippen molar-refractivity contribution < 1.29 is 9.47 Å². The Hall–Kier alpha value is -1.18. The highest BCUT2D eigenvalue weighted by Gasteiger charge is 2.11. The first-order valence-electron chi connectivity index (χ1n) is 4.26. The van der Waals surface area contributed by atoms with Gasteiger partial charge in [-0.1, -0.05) is 0 Å². The molecule has 13 heavy (non-hydrogen) atoms. The molecule has 0 atom stereocenters. The fraction of sp³-hybridized carbons (Fsp3) is 0.455. The van der Waals surface area contributed by atoms with E-state index in [2.05, 4.69) is 6.07 Å². The maximum absolute atomic E-state index is 5.64. The highest BCUT2D eigenvalue weighted by Crippen LogP contribution is 2.22. The Labute approximate surface area is 79.5 Å². The summed E-state index contributed by atoms with van der Waals surface area (Å²) in [6, 6.07) is 8.43. The Bertz CT molecular complexity index is 274. The van der Waals surface area contributed by atoms with Crippen LogP contribution in [0.2, 0.25) is 0 Å². The molecule has 0 amide bonds. The Morgan fingerprint density at radius 2 is 2.00 bits per heavy atom. The van der Waals surface area contributed by atoms with E-state index >= 15 is 0 Å². The number of benzene rings is 1. The normalized spacial score (nSPS) is 11.1. The summed E-state index contributed by atoms with van der Waals surface area (Å²) in [5.74, 6) is 1.50. The third-order valence-corrected chi connectivity index (χ3v) is 1.39. The van der Waals surface area contributed by atoms with Crippen molar-refractivity contribution in [1.29, 1.82) is 0 Å². The molecule has 1 rings (SSSR count). The highest BCUT2D eigenvalue weighted by molar-refractivity contribution is 5.32. The smallest absolute Gasteiger partial charge is 0.130 e. The Balaban J connectivity index is 2.78. The molecule has 0 N–H and O–H groups in total. The molecule has 1 aromatic carbocycles. The molecule has 1 radical (unpaired) electrons. The lowest BCUT2D eigenvalue weighted by atomic mass is 10.2. The number of hydrogen-bond acceptors (Lipinski definition) is 2. The van der Waals surface area contributed by atoms with E-state index in [0.29, 0.717) is 5.75 Å². The van der Waals surface area contributed by atoms with Crippen LogP contribution in [0.1, 0.15) is 20.8 Å². The molecule has 0 unspecified atom stereocenters. The highest BCUT2D eigenvalue weighted by atomic mass is 16.5. The lowest BCUT2D eigenvalue weighted by Gasteiger charge is -2.21. The van der Waals surface area contributed by atoms with Crippen molar-refractivity contribution in [2.75, 3.05) is 7.11 Å². The number of methoxy groups -OCH3 is 1. The van der Waals surface area contributed by atoms with E-state index in [4.69, 9.17) is 9.47 Å². The minimum atomic E-state index is -0.174. The van der Waals surface area contributed by atoms with Crippen molar-refractivity contribution >= 4 is 0 Å². The second-order valence-electron chi connectivity index (χ2n) is 3.81. The first-order valence-corrected chi connectivity index (χ1v) is 4.26. The predicted octanol–water partition coefficient (Wildman–Crippen LogP) is 2.67. The van der Waals surface area contributed by atoms with Gasteiger partial charge in [-0.25, -0.2) is 0 Å². The van der Waals surface area contributed by atoms with Gasteiger partial charge < -0.3 is 9.47 Å². The van der Waals surface area contributed by atoms with E-state index in [9.17, 15) is 0 Å². The largest absolute Gasteiger partial charge is 0.496 e. The number of ether oxygens (including phenoxy) is 2. The average Bonchev–Trinajstić information content (AvgIpc) is 2.01. The maximum atomic E-state index is 5.64. The van der Waals surface area contributed by atoms with Crippen LogP contribution in [0.5, 0.6) is 11.5 Å². The van der Waals surface area contributed by atoms with Crippen molar-refractivity contribution in [3.8, 4) is 11.5 Å². The van der Waals surface area contributed by atoms with Crippen LogP contribution >= 0.6 is 0 Å². The second kappa shape index (κ2) is 3.69. The second-order valence-corrected chi connectivity index (χ2v) is 3.81. The molecule has 0 aliphatic carbocycles. The number of hydrogen-bond donors (Lipinski definition) is 0. The fourth-order valence-corrected chi connectivity index (χ4v) is 0.960. The summed E-state index contributed by atoms with van der Waals surface area (Å²) in [5.41, 5.74) is -0.174. The predicted molar refractivity (Wildman–Crippen MR) is 52.2 cm³/mol. The fourth-order valence-electron chi connectivity index (χ4n) is 0.960. The standard InChI is InChI=1S/C11H15O2/c1-11(2,3)13-10-7-5-6-9(8-10)12-4/h5,7-8H,1-4H3. The first kappa shape index (κ1) is 9.90. The molecule has 2 nitrogen and oxygen atoms in total. The van der Waals surface area contributed by atoms with Crippen molar-refractivity contribution in [2.24, 2.45) is 0 Å². The lowest BCUT2D eigenvalue weighted by Crippen LogP contribution is -2.22. The van der Waals surface area contributed by atoms with Gasteiger partial charge in [0.05, 0.1) is 7.11 Å². The molecular formula is C11H15O2. The molecule has 2 heteroatoms. The van der Waals surface area contributed by atoms with Crippen molar-refractivity contribution in [3.63, 3.8) is 0 Å². The molecular weight excluding hydrogens is 164 g/mol. The van der Waals surface area contributed by atoms with Gasteiger partial charge in [0.2, 0.25) is 0 Å². The molecule has 0 aliphatic heterocycles. The van der Waals surface area contributed by atoms with Gasteiger partial charge in [0.25, 0.3) is 0 Å². The molecule has 0 aliphatic rings. The van der Waals surface area contributed by atoms with E-state index < -0.39 is 0 Å². The summed E-state index contributed by atoms with van der Waals surface area (Å²) in [7, 11) is 1.62. The van der Waals surface area contributed by atoms with Crippen LogP contribution in [0.3, 0.4) is 0 Å². The molecule has 0 heterocycles. The number of rotatable bonds is 2. The Kier molecular flexibility index (Phi) is 2.81. The average molecular weight is 179 g/mol. The van der Waals surface area contributed by atoms with Crippen LogP contribution in [0.4, 0.5) is 0 Å². The summed E-state index contributed by atoms with van der Waals surface area (Å²) in [6.45, 7) is 6.03. The third-order valence-electron chi connectivity index (χ3n) is 1.39. The molecule has 0 saturated carbocycles. The third kappa shape index (κ3) is 3.36. The SMILES string of the molecule is COc1[c]ccc(OC(C)(C)C)c1. The van der Waals surface area contributed by atoms with Gasteiger partial charge in [0.1, 0.15) is 17.1 Å². The van der Waals surface area contributed by atoms with E-state index in [-0.39, 0.29) is 5.60 Å². The van der Waals surface area contributed by atoms with Gasteiger partial charge >= 0.3 is 0 Å². The van der Waals surface area contributed by atoms with Crippen molar-refractivity contribution in [2.45, 2.75) is 26.4 Å². The minimum Gasteiger partial charge on any atom is -0.496 e. The van der Waals surface area contributed by atoms with Gasteiger partial charge in [-0.05, 0) is 32.9 Å². The first-order chi connectivity index (χ1) is 6.01. The summed E-state index contributed by atoms with van der Waals surface area (Å²) >= 11 is 0. The minimum absolute atomic E-state index is 0.174. The van der Waals surface area contributed by atoms with Crippen LogP contribution in [-0.4, -0.2) is 12.7 Å². The molecule has 0 bridgehead atoms. The van der Waals surface area contributed by atoms with Crippen LogP contribution in [0.15, 0.2) is 18.2 Å². The molecule has 0 aromatic heterocycles. The van der Waals surface area contributed by atoms with Gasteiger partial charge in [-0.3, -0.25) is 0 Å². The lowest BCUT2D eigenvalue weighted by molar-refractivity contribution is 0.130. The zero-order chi connectivity index (χ0) is 9.90. The summed E-state index contributed by atoms with van der Waals surface area (Å²) < 4.78 is 10.7. The Morgan fingerprint density at radius 1 is 1.31 bits per heavy atom. The van der Waals surface area contributed by atoms with E-state index in [1.807, 2.05) is 32.9 Å². The van der Waals surface area contributed by atoms with Crippen molar-refractivity contribution in [3.05, 3.63) is 24.3 Å². The molecule has 1 aromatic rings. The Morgan fingerprint density at radius 3 is 2.54 bits per heavy atom. The topological polar surface area (TPSA) is 18.5 Å². The van der Waals surface area contributed by atoms with Crippen LogP contribution < -0.4 is 9.47 Å². The summed E-state index contributed by atoms with van der Waals surface area (Å²) in [6.07, 6.45) is 0. The van der Waals surface area contributed by atoms with E-state index in [0.717, 1.165) is 5.75 Å². The monoisotopic (exact) mass is 179 g/mol. The molecule has 71 valence electrons. The van der Waals surface area contributed by atoms with E-state index in [1.54, 1.807) is 13.2 Å². The summed E-state index contributed by atoms with van der Waals surface area (Å²) in [4.78, 5) is 0. The summed E-state index contributed by atoms with van der Waals surface area (Å²) in [5, 5.41) is 0. The van der Waals surface area contributed by atoms with Crippen LogP contribution in [0.25, 0.3) is 0 Å². The zero-order valence-electron chi connectivity index (χ0n) is 8.55. The van der Waals surface area contributed by atoms with Gasteiger partial charge in [0, 0.05) is 12.1 Å². The molecule has 0 saturated heterocycles. The van der Waals surface area contributed by atoms with Crippen LogP contribution in [0, 0.1) is 6.07 Å². The zero-order valence-corrected chi connectivity index (χ0v) is 8.55.